The Labute approximate surface area is 192 Å². The van der Waals surface area contributed by atoms with Crippen LogP contribution in [-0.2, 0) is 13.0 Å². The van der Waals surface area contributed by atoms with Gasteiger partial charge in [0, 0.05) is 53.2 Å². The summed E-state index contributed by atoms with van der Waals surface area (Å²) in [6.45, 7) is 5.49. The zero-order valence-electron chi connectivity index (χ0n) is 19.1. The molecule has 4 N–H and O–H groups in total. The van der Waals surface area contributed by atoms with E-state index in [0.29, 0.717) is 12.5 Å². The Morgan fingerprint density at radius 2 is 1.82 bits per heavy atom. The van der Waals surface area contributed by atoms with Gasteiger partial charge in [-0.3, -0.25) is 0 Å². The first-order chi connectivity index (χ1) is 16.1. The summed E-state index contributed by atoms with van der Waals surface area (Å²) in [5.74, 6) is 2.30. The number of H-pyrrole nitrogens is 2. The zero-order chi connectivity index (χ0) is 22.8. The summed E-state index contributed by atoms with van der Waals surface area (Å²) in [5, 5.41) is 9.21. The number of aromatic amines is 2. The van der Waals surface area contributed by atoms with Crippen molar-refractivity contribution in [2.75, 3.05) is 24.3 Å². The third-order valence-electron chi connectivity index (χ3n) is 5.80. The number of anilines is 2. The minimum Gasteiger partial charge on any atom is -0.497 e. The van der Waals surface area contributed by atoms with Gasteiger partial charge in [0.25, 0.3) is 0 Å². The molecule has 0 aliphatic carbocycles. The van der Waals surface area contributed by atoms with Crippen LogP contribution in [0.3, 0.4) is 0 Å². The molecule has 0 saturated carbocycles. The topological polar surface area (TPSA) is 90.6 Å². The second-order valence-electron chi connectivity index (χ2n) is 8.35. The van der Waals surface area contributed by atoms with Crippen LogP contribution in [-0.4, -0.2) is 33.6 Å². The van der Waals surface area contributed by atoms with E-state index in [1.807, 2.05) is 25.1 Å². The van der Waals surface area contributed by atoms with E-state index in [-0.39, 0.29) is 0 Å². The molecule has 5 rings (SSSR count). The van der Waals surface area contributed by atoms with Crippen molar-refractivity contribution in [3.63, 3.8) is 0 Å². The second kappa shape index (κ2) is 8.86. The third-order valence-corrected chi connectivity index (χ3v) is 5.80. The normalized spacial score (nSPS) is 11.2. The average Bonchev–Trinajstić information content (AvgIpc) is 3.38. The van der Waals surface area contributed by atoms with Crippen molar-refractivity contribution < 1.29 is 4.74 Å². The summed E-state index contributed by atoms with van der Waals surface area (Å²) < 4.78 is 5.37. The molecule has 2 aromatic carbocycles. The van der Waals surface area contributed by atoms with Crippen LogP contribution in [0.2, 0.25) is 0 Å². The highest BCUT2D eigenvalue weighted by Gasteiger charge is 2.07. The number of benzene rings is 2. The van der Waals surface area contributed by atoms with Crippen LogP contribution in [0.5, 0.6) is 5.75 Å². The monoisotopic (exact) mass is 440 g/mol. The van der Waals surface area contributed by atoms with Crippen molar-refractivity contribution in [1.29, 1.82) is 0 Å². The maximum Gasteiger partial charge on any atom is 0.224 e. The number of fused-ring (bicyclic) bond motifs is 2. The lowest BCUT2D eigenvalue weighted by Gasteiger charge is -2.10. The van der Waals surface area contributed by atoms with Crippen molar-refractivity contribution in [2.45, 2.75) is 26.8 Å². The molecule has 0 fully saturated rings. The molecule has 3 heterocycles. The molecular weight excluding hydrogens is 412 g/mol. The average molecular weight is 441 g/mol. The minimum atomic E-state index is 0.631. The number of methoxy groups -OCH3 is 1. The van der Waals surface area contributed by atoms with Crippen LogP contribution < -0.4 is 15.4 Å². The molecule has 7 heteroatoms. The number of aryl methyl sites for hydroxylation is 2. The van der Waals surface area contributed by atoms with Crippen molar-refractivity contribution >= 4 is 33.6 Å². The smallest absolute Gasteiger partial charge is 0.224 e. The van der Waals surface area contributed by atoms with Gasteiger partial charge in [0.2, 0.25) is 5.95 Å². The number of nitrogens with zero attached hydrogens (tertiary/aromatic N) is 2. The predicted molar refractivity (Wildman–Crippen MR) is 134 cm³/mol. The lowest BCUT2D eigenvalue weighted by atomic mass is 10.1. The maximum absolute atomic E-state index is 5.37. The molecule has 0 bridgehead atoms. The fraction of sp³-hybridized carbons (Fsp3) is 0.231. The van der Waals surface area contributed by atoms with Gasteiger partial charge in [-0.05, 0) is 73.2 Å². The van der Waals surface area contributed by atoms with Gasteiger partial charge in [-0.15, -0.1) is 0 Å². The predicted octanol–water partition coefficient (Wildman–Crippen LogP) is 5.33. The van der Waals surface area contributed by atoms with E-state index < -0.39 is 0 Å². The highest BCUT2D eigenvalue weighted by molar-refractivity contribution is 5.84. The van der Waals surface area contributed by atoms with E-state index in [1.54, 1.807) is 7.11 Å². The summed E-state index contributed by atoms with van der Waals surface area (Å²) >= 11 is 0. The van der Waals surface area contributed by atoms with Crippen molar-refractivity contribution in [3.05, 3.63) is 77.2 Å². The summed E-state index contributed by atoms with van der Waals surface area (Å²) in [4.78, 5) is 15.9. The number of ether oxygens (including phenoxy) is 1. The van der Waals surface area contributed by atoms with Gasteiger partial charge < -0.3 is 25.3 Å². The standard InChI is InChI=1S/C26H28N6O/c1-16-10-20-12-18(4-6-23(20)30-16)14-29-25-11-17(2)31-26(32-25)27-9-8-19-15-28-24-7-5-21(33-3)13-22(19)24/h4-7,10-13,15,28,30H,8-9,14H2,1-3H3,(H2,27,29,31,32). The number of rotatable bonds is 8. The van der Waals surface area contributed by atoms with Gasteiger partial charge in [-0.25, -0.2) is 4.98 Å². The minimum absolute atomic E-state index is 0.631. The van der Waals surface area contributed by atoms with Crippen molar-refractivity contribution in [2.24, 2.45) is 0 Å². The van der Waals surface area contributed by atoms with E-state index in [1.165, 1.54) is 27.6 Å². The van der Waals surface area contributed by atoms with E-state index in [4.69, 9.17) is 4.74 Å². The van der Waals surface area contributed by atoms with Gasteiger partial charge in [0.15, 0.2) is 0 Å². The molecule has 0 amide bonds. The molecule has 33 heavy (non-hydrogen) atoms. The van der Waals surface area contributed by atoms with Crippen LogP contribution in [0.25, 0.3) is 21.8 Å². The van der Waals surface area contributed by atoms with E-state index >= 15 is 0 Å². The molecular formula is C26H28N6O. The molecule has 168 valence electrons. The third kappa shape index (κ3) is 4.62. The van der Waals surface area contributed by atoms with Crippen LogP contribution in [0.15, 0.2) is 54.7 Å². The Morgan fingerprint density at radius 3 is 2.70 bits per heavy atom. The Morgan fingerprint density at radius 1 is 0.939 bits per heavy atom. The highest BCUT2D eigenvalue weighted by Crippen LogP contribution is 2.24. The van der Waals surface area contributed by atoms with Crippen LogP contribution in [0, 0.1) is 13.8 Å². The van der Waals surface area contributed by atoms with E-state index in [9.17, 15) is 0 Å². The van der Waals surface area contributed by atoms with Crippen LogP contribution >= 0.6 is 0 Å². The molecule has 0 aliphatic rings. The molecule has 0 saturated heterocycles. The van der Waals surface area contributed by atoms with Gasteiger partial charge in [0.1, 0.15) is 11.6 Å². The summed E-state index contributed by atoms with van der Waals surface area (Å²) in [6, 6.07) is 16.7. The quantitative estimate of drug-likeness (QED) is 0.262. The summed E-state index contributed by atoms with van der Waals surface area (Å²) in [7, 11) is 1.69. The first-order valence-corrected chi connectivity index (χ1v) is 11.1. The van der Waals surface area contributed by atoms with Crippen molar-refractivity contribution in [1.82, 2.24) is 19.9 Å². The maximum atomic E-state index is 5.37. The Kier molecular flexibility index (Phi) is 5.60. The van der Waals surface area contributed by atoms with Gasteiger partial charge in [0.05, 0.1) is 7.11 Å². The van der Waals surface area contributed by atoms with E-state index in [0.717, 1.165) is 41.3 Å². The summed E-state index contributed by atoms with van der Waals surface area (Å²) in [5.41, 5.74) is 6.80. The number of hydrogen-bond donors (Lipinski definition) is 4. The second-order valence-corrected chi connectivity index (χ2v) is 8.35. The number of nitrogens with one attached hydrogen (secondary N) is 4. The molecule has 7 nitrogen and oxygen atoms in total. The fourth-order valence-electron chi connectivity index (χ4n) is 4.17. The first kappa shape index (κ1) is 20.9. The zero-order valence-corrected chi connectivity index (χ0v) is 19.1. The molecule has 0 spiro atoms. The molecule has 3 aromatic heterocycles. The Bertz CT molecular complexity index is 1420. The van der Waals surface area contributed by atoms with E-state index in [2.05, 4.69) is 74.0 Å². The lowest BCUT2D eigenvalue weighted by molar-refractivity contribution is 0.415. The van der Waals surface area contributed by atoms with Gasteiger partial charge in [-0.2, -0.15) is 4.98 Å². The Hall–Kier alpha value is -4.00. The highest BCUT2D eigenvalue weighted by atomic mass is 16.5. The van der Waals surface area contributed by atoms with Crippen LogP contribution in [0.4, 0.5) is 11.8 Å². The van der Waals surface area contributed by atoms with Crippen LogP contribution in [0.1, 0.15) is 22.5 Å². The number of aromatic nitrogens is 4. The largest absolute Gasteiger partial charge is 0.497 e. The molecule has 0 aliphatic heterocycles. The fourth-order valence-corrected chi connectivity index (χ4v) is 4.17. The molecule has 5 aromatic rings. The number of hydrogen-bond acceptors (Lipinski definition) is 5. The molecule has 0 atom stereocenters. The molecule has 0 unspecified atom stereocenters. The lowest BCUT2D eigenvalue weighted by Crippen LogP contribution is -2.10. The van der Waals surface area contributed by atoms with Crippen molar-refractivity contribution in [3.8, 4) is 5.75 Å². The first-order valence-electron chi connectivity index (χ1n) is 11.1. The summed E-state index contributed by atoms with van der Waals surface area (Å²) in [6.07, 6.45) is 2.90. The van der Waals surface area contributed by atoms with Gasteiger partial charge >= 0.3 is 0 Å². The Balaban J connectivity index is 1.23. The molecule has 0 radical (unpaired) electrons. The SMILES string of the molecule is COc1ccc2[nH]cc(CCNc3nc(C)cc(NCc4ccc5[nH]c(C)cc5c4)n3)c2c1. The van der Waals surface area contributed by atoms with Gasteiger partial charge in [-0.1, -0.05) is 6.07 Å².